The van der Waals surface area contributed by atoms with E-state index >= 15 is 0 Å². The van der Waals surface area contributed by atoms with E-state index in [1.165, 1.54) is 41.3 Å². The fourth-order valence-corrected chi connectivity index (χ4v) is 2.64. The van der Waals surface area contributed by atoms with Crippen LogP contribution in [-0.4, -0.2) is 11.0 Å². The smallest absolute Gasteiger partial charge is 0.0900 e. The van der Waals surface area contributed by atoms with Gasteiger partial charge in [-0.2, -0.15) is 0 Å². The molecule has 2 nitrogen and oxygen atoms in total. The van der Waals surface area contributed by atoms with E-state index in [2.05, 4.69) is 38.0 Å². The van der Waals surface area contributed by atoms with Crippen LogP contribution in [0.3, 0.4) is 0 Å². The van der Waals surface area contributed by atoms with Crippen molar-refractivity contribution in [2.24, 2.45) is 0 Å². The lowest BCUT2D eigenvalue weighted by atomic mass is 10.1. The lowest BCUT2D eigenvalue weighted by molar-refractivity contribution is 0.484. The average molecular weight is 240 g/mol. The molecule has 1 rings (SSSR count). The molecule has 1 N–H and O–H groups in total. The SMILES string of the molecule is CCCCCC(C)NCc1nc(C)sc1C. The Kier molecular flexibility index (Phi) is 5.99. The minimum absolute atomic E-state index is 0.605. The predicted octanol–water partition coefficient (Wildman–Crippen LogP) is 3.82. The number of hydrogen-bond donors (Lipinski definition) is 1. The van der Waals surface area contributed by atoms with Gasteiger partial charge in [-0.3, -0.25) is 0 Å². The molecule has 3 heteroatoms. The zero-order chi connectivity index (χ0) is 12.0. The first-order valence-corrected chi connectivity index (χ1v) is 7.11. The van der Waals surface area contributed by atoms with Crippen LogP contribution < -0.4 is 5.32 Å². The summed E-state index contributed by atoms with van der Waals surface area (Å²) in [4.78, 5) is 5.89. The van der Waals surface area contributed by atoms with Crippen molar-refractivity contribution in [3.8, 4) is 0 Å². The zero-order valence-electron chi connectivity index (χ0n) is 11.0. The van der Waals surface area contributed by atoms with Gasteiger partial charge in [-0.1, -0.05) is 26.2 Å². The molecule has 0 fully saturated rings. The van der Waals surface area contributed by atoms with Crippen LogP contribution in [0.5, 0.6) is 0 Å². The third-order valence-corrected chi connectivity index (χ3v) is 3.79. The zero-order valence-corrected chi connectivity index (χ0v) is 11.8. The van der Waals surface area contributed by atoms with Gasteiger partial charge in [0, 0.05) is 17.5 Å². The number of aryl methyl sites for hydroxylation is 2. The number of unbranched alkanes of at least 4 members (excludes halogenated alkanes) is 2. The molecule has 0 aliphatic rings. The van der Waals surface area contributed by atoms with E-state index in [4.69, 9.17) is 0 Å². The van der Waals surface area contributed by atoms with Crippen molar-refractivity contribution in [2.75, 3.05) is 0 Å². The van der Waals surface area contributed by atoms with Crippen LogP contribution in [0.4, 0.5) is 0 Å². The van der Waals surface area contributed by atoms with Crippen molar-refractivity contribution in [1.29, 1.82) is 0 Å². The Hall–Kier alpha value is -0.410. The second kappa shape index (κ2) is 7.02. The molecular formula is C13H24N2S. The normalized spacial score (nSPS) is 13.0. The molecule has 1 aromatic rings. The molecule has 92 valence electrons. The maximum Gasteiger partial charge on any atom is 0.0900 e. The Morgan fingerprint density at radius 3 is 2.62 bits per heavy atom. The fraction of sp³-hybridized carbons (Fsp3) is 0.769. The molecule has 0 aromatic carbocycles. The number of thiazole rings is 1. The van der Waals surface area contributed by atoms with E-state index in [0.29, 0.717) is 6.04 Å². The Balaban J connectivity index is 2.26. The third-order valence-electron chi connectivity index (χ3n) is 2.86. The minimum Gasteiger partial charge on any atom is -0.309 e. The van der Waals surface area contributed by atoms with Gasteiger partial charge in [0.05, 0.1) is 10.7 Å². The Labute approximate surface area is 103 Å². The number of aromatic nitrogens is 1. The van der Waals surface area contributed by atoms with Crippen molar-refractivity contribution < 1.29 is 0 Å². The van der Waals surface area contributed by atoms with Gasteiger partial charge in [0.25, 0.3) is 0 Å². The van der Waals surface area contributed by atoms with Crippen molar-refractivity contribution in [3.05, 3.63) is 15.6 Å². The molecule has 1 heterocycles. The first-order valence-electron chi connectivity index (χ1n) is 6.29. The average Bonchev–Trinajstić information content (AvgIpc) is 2.55. The van der Waals surface area contributed by atoms with Crippen LogP contribution in [0.25, 0.3) is 0 Å². The largest absolute Gasteiger partial charge is 0.309 e. The molecular weight excluding hydrogens is 216 g/mol. The van der Waals surface area contributed by atoms with Crippen LogP contribution >= 0.6 is 11.3 Å². The van der Waals surface area contributed by atoms with Crippen LogP contribution in [0, 0.1) is 13.8 Å². The van der Waals surface area contributed by atoms with Gasteiger partial charge in [-0.05, 0) is 27.2 Å². The minimum atomic E-state index is 0.605. The van der Waals surface area contributed by atoms with Gasteiger partial charge in [-0.15, -0.1) is 11.3 Å². The quantitative estimate of drug-likeness (QED) is 0.733. The molecule has 0 saturated carbocycles. The van der Waals surface area contributed by atoms with Crippen LogP contribution in [0.15, 0.2) is 0 Å². The van der Waals surface area contributed by atoms with Crippen LogP contribution in [0.1, 0.15) is 55.1 Å². The highest BCUT2D eigenvalue weighted by Gasteiger charge is 2.06. The van der Waals surface area contributed by atoms with Crippen LogP contribution in [-0.2, 0) is 6.54 Å². The van der Waals surface area contributed by atoms with E-state index in [1.54, 1.807) is 11.3 Å². The van der Waals surface area contributed by atoms with Gasteiger partial charge in [-0.25, -0.2) is 4.98 Å². The highest BCUT2D eigenvalue weighted by Crippen LogP contribution is 2.16. The maximum absolute atomic E-state index is 4.53. The van der Waals surface area contributed by atoms with E-state index in [9.17, 15) is 0 Å². The van der Waals surface area contributed by atoms with Crippen LogP contribution in [0.2, 0.25) is 0 Å². The van der Waals surface area contributed by atoms with Crippen molar-refractivity contribution in [1.82, 2.24) is 10.3 Å². The summed E-state index contributed by atoms with van der Waals surface area (Å²) < 4.78 is 0. The molecule has 16 heavy (non-hydrogen) atoms. The molecule has 0 amide bonds. The summed E-state index contributed by atoms with van der Waals surface area (Å²) in [5.74, 6) is 0. The molecule has 0 radical (unpaired) electrons. The van der Waals surface area contributed by atoms with Crippen molar-refractivity contribution in [2.45, 2.75) is 66.0 Å². The molecule has 0 aliphatic carbocycles. The number of hydrogen-bond acceptors (Lipinski definition) is 3. The molecule has 0 spiro atoms. The molecule has 1 unspecified atom stereocenters. The monoisotopic (exact) mass is 240 g/mol. The van der Waals surface area contributed by atoms with Gasteiger partial charge in [0.15, 0.2) is 0 Å². The second-order valence-corrected chi connectivity index (χ2v) is 5.92. The third kappa shape index (κ3) is 4.62. The number of nitrogens with one attached hydrogen (secondary N) is 1. The van der Waals surface area contributed by atoms with Gasteiger partial charge < -0.3 is 5.32 Å². The summed E-state index contributed by atoms with van der Waals surface area (Å²) in [7, 11) is 0. The van der Waals surface area contributed by atoms with Gasteiger partial charge in [0.1, 0.15) is 0 Å². The summed E-state index contributed by atoms with van der Waals surface area (Å²) in [5, 5.41) is 4.73. The summed E-state index contributed by atoms with van der Waals surface area (Å²) in [6.45, 7) is 9.67. The standard InChI is InChI=1S/C13H24N2S/c1-5-6-7-8-10(2)14-9-13-11(3)16-12(4)15-13/h10,14H,5-9H2,1-4H3. The van der Waals surface area contributed by atoms with E-state index in [1.807, 2.05) is 0 Å². The molecule has 1 atom stereocenters. The molecule has 1 aromatic heterocycles. The second-order valence-electron chi connectivity index (χ2n) is 4.51. The highest BCUT2D eigenvalue weighted by molar-refractivity contribution is 7.11. The first kappa shape index (κ1) is 13.7. The molecule has 0 aliphatic heterocycles. The predicted molar refractivity (Wildman–Crippen MR) is 72.0 cm³/mol. The summed E-state index contributed by atoms with van der Waals surface area (Å²) in [6, 6.07) is 0.605. The molecule has 0 saturated heterocycles. The summed E-state index contributed by atoms with van der Waals surface area (Å²) in [5.41, 5.74) is 1.23. The number of nitrogens with zero attached hydrogens (tertiary/aromatic N) is 1. The maximum atomic E-state index is 4.53. The Bertz CT molecular complexity index is 307. The fourth-order valence-electron chi connectivity index (χ4n) is 1.81. The van der Waals surface area contributed by atoms with E-state index in [-0.39, 0.29) is 0 Å². The number of rotatable bonds is 7. The summed E-state index contributed by atoms with van der Waals surface area (Å²) >= 11 is 1.79. The van der Waals surface area contributed by atoms with Crippen molar-refractivity contribution >= 4 is 11.3 Å². The summed E-state index contributed by atoms with van der Waals surface area (Å²) in [6.07, 6.45) is 5.26. The topological polar surface area (TPSA) is 24.9 Å². The lowest BCUT2D eigenvalue weighted by Crippen LogP contribution is -2.25. The van der Waals surface area contributed by atoms with Gasteiger partial charge >= 0.3 is 0 Å². The lowest BCUT2D eigenvalue weighted by Gasteiger charge is -2.12. The highest BCUT2D eigenvalue weighted by atomic mass is 32.1. The van der Waals surface area contributed by atoms with E-state index < -0.39 is 0 Å². The van der Waals surface area contributed by atoms with E-state index in [0.717, 1.165) is 6.54 Å². The Morgan fingerprint density at radius 1 is 1.31 bits per heavy atom. The first-order chi connectivity index (χ1) is 7.63. The van der Waals surface area contributed by atoms with Crippen molar-refractivity contribution in [3.63, 3.8) is 0 Å². The Morgan fingerprint density at radius 2 is 2.06 bits per heavy atom. The molecule has 0 bridgehead atoms. The van der Waals surface area contributed by atoms with Gasteiger partial charge in [0.2, 0.25) is 0 Å².